The molecular formula is C26H22F5N7O. The minimum atomic E-state index is -5.68. The highest BCUT2D eigenvalue weighted by molar-refractivity contribution is 6.09. The van der Waals surface area contributed by atoms with Crippen molar-refractivity contribution in [1.29, 1.82) is 0 Å². The molecule has 1 amide bonds. The summed E-state index contributed by atoms with van der Waals surface area (Å²) in [5.74, 6) is -4.88. The van der Waals surface area contributed by atoms with E-state index in [4.69, 9.17) is 5.73 Å². The predicted octanol–water partition coefficient (Wildman–Crippen LogP) is 5.03. The minimum absolute atomic E-state index is 0.0102. The smallest absolute Gasteiger partial charge is 0.383 e. The molecule has 0 bridgehead atoms. The molecule has 2 aliphatic rings. The molecule has 1 aromatic carbocycles. The van der Waals surface area contributed by atoms with E-state index in [9.17, 15) is 26.7 Å². The topological polar surface area (TPSA) is 111 Å². The van der Waals surface area contributed by atoms with Crippen LogP contribution in [0.3, 0.4) is 0 Å². The number of fused-ring (bicyclic) bond motifs is 2. The number of nitrogens with one attached hydrogen (secondary N) is 1. The average molecular weight is 544 g/mol. The van der Waals surface area contributed by atoms with Crippen LogP contribution in [0.4, 0.5) is 33.6 Å². The number of alkyl halides is 5. The molecule has 1 aliphatic heterocycles. The van der Waals surface area contributed by atoms with Gasteiger partial charge in [-0.25, -0.2) is 19.9 Å². The van der Waals surface area contributed by atoms with Gasteiger partial charge in [-0.05, 0) is 31.7 Å². The first-order chi connectivity index (χ1) is 18.4. The van der Waals surface area contributed by atoms with Crippen LogP contribution in [-0.2, 0) is 16.6 Å². The lowest BCUT2D eigenvalue weighted by atomic mass is 9.78. The molecule has 6 rings (SSSR count). The van der Waals surface area contributed by atoms with Crippen molar-refractivity contribution < 1.29 is 26.7 Å². The second kappa shape index (κ2) is 8.42. The van der Waals surface area contributed by atoms with Crippen molar-refractivity contribution in [2.24, 2.45) is 0 Å². The molecular weight excluding hydrogens is 521 g/mol. The quantitative estimate of drug-likeness (QED) is 0.330. The number of nitrogens with zero attached hydrogens (tertiary/aromatic N) is 5. The Bertz CT molecular complexity index is 1610. The monoisotopic (exact) mass is 543 g/mol. The van der Waals surface area contributed by atoms with Gasteiger partial charge in [-0.2, -0.15) is 22.0 Å². The average Bonchev–Trinajstić information content (AvgIpc) is 3.58. The lowest BCUT2D eigenvalue weighted by Crippen LogP contribution is -2.36. The summed E-state index contributed by atoms with van der Waals surface area (Å²) in [5.41, 5.74) is 7.18. The number of rotatable bonds is 6. The summed E-state index contributed by atoms with van der Waals surface area (Å²) in [6.45, 7) is 1.71. The number of nitrogen functional groups attached to an aromatic ring is 1. The van der Waals surface area contributed by atoms with Crippen LogP contribution >= 0.6 is 0 Å². The second-order valence-electron chi connectivity index (χ2n) is 10.0. The van der Waals surface area contributed by atoms with Crippen molar-refractivity contribution in [3.8, 4) is 11.5 Å². The Kier molecular flexibility index (Phi) is 5.43. The molecule has 0 radical (unpaired) electrons. The van der Waals surface area contributed by atoms with E-state index in [0.29, 0.717) is 16.8 Å². The van der Waals surface area contributed by atoms with Crippen molar-refractivity contribution in [3.05, 3.63) is 65.2 Å². The minimum Gasteiger partial charge on any atom is -0.383 e. The summed E-state index contributed by atoms with van der Waals surface area (Å²) in [5, 5.41) is 2.74. The number of hydrogen-bond donors (Lipinski definition) is 2. The first-order valence-corrected chi connectivity index (χ1v) is 12.3. The van der Waals surface area contributed by atoms with Gasteiger partial charge in [0.15, 0.2) is 11.5 Å². The molecule has 3 N–H and O–H groups in total. The number of anilines is 2. The molecule has 202 valence electrons. The standard InChI is InChI=1S/C26H22F5N7O/c1-24(14-5-3-2-4-6-14)18-19(32)35-20(36-21(18)37-23(24)39)17-12-38-11-16(13-7-8-13)34-22(38)15(33-17)9-10-25(27,28)26(29,30)31/h2-6,11-13H,7-10H2,1H3,(H3,32,35,36,37,39). The molecule has 1 atom stereocenters. The van der Waals surface area contributed by atoms with Crippen molar-refractivity contribution in [2.45, 2.75) is 56.0 Å². The Hall–Kier alpha value is -4.16. The van der Waals surface area contributed by atoms with E-state index in [-0.39, 0.29) is 46.3 Å². The molecule has 1 saturated carbocycles. The SMILES string of the molecule is CC1(c2ccccc2)C(=O)Nc2nc(-c3cn4cc(C5CC5)nc4c(CCC(F)(F)C(F)(F)F)n3)nc(N)c21. The molecule has 0 spiro atoms. The largest absolute Gasteiger partial charge is 0.453 e. The van der Waals surface area contributed by atoms with E-state index < -0.39 is 30.4 Å². The number of aromatic nitrogens is 5. The van der Waals surface area contributed by atoms with Gasteiger partial charge in [-0.1, -0.05) is 30.3 Å². The van der Waals surface area contributed by atoms with E-state index in [2.05, 4.69) is 25.3 Å². The fourth-order valence-electron chi connectivity index (χ4n) is 4.92. The number of benzene rings is 1. The maximum Gasteiger partial charge on any atom is 0.453 e. The zero-order valence-corrected chi connectivity index (χ0v) is 20.6. The Morgan fingerprint density at radius 2 is 1.77 bits per heavy atom. The summed E-state index contributed by atoms with van der Waals surface area (Å²) in [6.07, 6.45) is -2.81. The molecule has 39 heavy (non-hydrogen) atoms. The first kappa shape index (κ1) is 25.1. The van der Waals surface area contributed by atoms with Gasteiger partial charge in [0, 0.05) is 24.7 Å². The molecule has 1 aliphatic carbocycles. The maximum atomic E-state index is 13.8. The van der Waals surface area contributed by atoms with Gasteiger partial charge in [-0.3, -0.25) is 4.79 Å². The number of halogens is 5. The van der Waals surface area contributed by atoms with Crippen LogP contribution in [0.5, 0.6) is 0 Å². The molecule has 8 nitrogen and oxygen atoms in total. The molecule has 1 unspecified atom stereocenters. The zero-order chi connectivity index (χ0) is 27.7. The number of nitrogens with two attached hydrogens (primary N) is 1. The van der Waals surface area contributed by atoms with Gasteiger partial charge in [0.2, 0.25) is 5.91 Å². The Morgan fingerprint density at radius 3 is 2.44 bits per heavy atom. The molecule has 4 heterocycles. The Labute approximate surface area is 218 Å². The predicted molar refractivity (Wildman–Crippen MR) is 131 cm³/mol. The van der Waals surface area contributed by atoms with E-state index >= 15 is 0 Å². The zero-order valence-electron chi connectivity index (χ0n) is 20.6. The van der Waals surface area contributed by atoms with Crippen LogP contribution < -0.4 is 11.1 Å². The van der Waals surface area contributed by atoms with E-state index in [1.54, 1.807) is 37.4 Å². The molecule has 1 fully saturated rings. The third-order valence-electron chi connectivity index (χ3n) is 7.32. The number of carbonyl (C=O) groups is 1. The van der Waals surface area contributed by atoms with Crippen LogP contribution in [0, 0.1) is 0 Å². The molecule has 3 aromatic heterocycles. The van der Waals surface area contributed by atoms with Gasteiger partial charge in [0.05, 0.1) is 17.0 Å². The van der Waals surface area contributed by atoms with Crippen LogP contribution in [0.25, 0.3) is 17.2 Å². The maximum absolute atomic E-state index is 13.8. The summed E-state index contributed by atoms with van der Waals surface area (Å²) < 4.78 is 67.6. The van der Waals surface area contributed by atoms with Crippen molar-refractivity contribution >= 4 is 23.2 Å². The fraction of sp³-hybridized carbons (Fsp3) is 0.346. The van der Waals surface area contributed by atoms with Gasteiger partial charge in [-0.15, -0.1) is 0 Å². The number of carbonyl (C=O) groups excluding carboxylic acids is 1. The molecule has 0 saturated heterocycles. The van der Waals surface area contributed by atoms with Gasteiger partial charge >= 0.3 is 12.1 Å². The summed E-state index contributed by atoms with van der Waals surface area (Å²) >= 11 is 0. The lowest BCUT2D eigenvalue weighted by molar-refractivity contribution is -0.284. The van der Waals surface area contributed by atoms with Gasteiger partial charge < -0.3 is 15.5 Å². The van der Waals surface area contributed by atoms with Gasteiger partial charge in [0.25, 0.3) is 0 Å². The highest BCUT2D eigenvalue weighted by atomic mass is 19.4. The lowest BCUT2D eigenvalue weighted by Gasteiger charge is -2.23. The molecule has 13 heteroatoms. The first-order valence-electron chi connectivity index (χ1n) is 12.3. The third-order valence-corrected chi connectivity index (χ3v) is 7.32. The molecule has 4 aromatic rings. The van der Waals surface area contributed by atoms with Crippen LogP contribution in [0.1, 0.15) is 54.6 Å². The van der Waals surface area contributed by atoms with E-state index in [0.717, 1.165) is 12.8 Å². The second-order valence-corrected chi connectivity index (χ2v) is 10.0. The highest BCUT2D eigenvalue weighted by Gasteiger charge is 2.56. The van der Waals surface area contributed by atoms with Crippen molar-refractivity contribution in [3.63, 3.8) is 0 Å². The third kappa shape index (κ3) is 4.07. The van der Waals surface area contributed by atoms with E-state index in [1.165, 1.54) is 10.6 Å². The highest BCUT2D eigenvalue weighted by Crippen LogP contribution is 2.45. The number of imidazole rings is 1. The van der Waals surface area contributed by atoms with Crippen LogP contribution in [0.2, 0.25) is 0 Å². The van der Waals surface area contributed by atoms with Gasteiger partial charge in [0.1, 0.15) is 22.7 Å². The van der Waals surface area contributed by atoms with Crippen molar-refractivity contribution in [1.82, 2.24) is 24.3 Å². The Morgan fingerprint density at radius 1 is 1.05 bits per heavy atom. The number of amides is 1. The number of hydrogen-bond acceptors (Lipinski definition) is 6. The van der Waals surface area contributed by atoms with Crippen LogP contribution in [-0.4, -0.2) is 42.3 Å². The van der Waals surface area contributed by atoms with Crippen molar-refractivity contribution in [2.75, 3.05) is 11.1 Å². The number of aryl methyl sites for hydroxylation is 1. The Balaban J connectivity index is 1.44. The summed E-state index contributed by atoms with van der Waals surface area (Å²) in [7, 11) is 0. The fourth-order valence-corrected chi connectivity index (χ4v) is 4.92. The summed E-state index contributed by atoms with van der Waals surface area (Å²) in [4.78, 5) is 30.7. The summed E-state index contributed by atoms with van der Waals surface area (Å²) in [6, 6.07) is 8.98. The normalized spacial score (nSPS) is 19.4. The van der Waals surface area contributed by atoms with E-state index in [1.807, 2.05) is 6.07 Å². The van der Waals surface area contributed by atoms with Crippen LogP contribution in [0.15, 0.2) is 42.7 Å².